The highest BCUT2D eigenvalue weighted by Gasteiger charge is 2.44. The van der Waals surface area contributed by atoms with Gasteiger partial charge in [0.15, 0.2) is 0 Å². The summed E-state index contributed by atoms with van der Waals surface area (Å²) in [4.78, 5) is 12.3. The van der Waals surface area contributed by atoms with E-state index < -0.39 is 5.60 Å². The average Bonchev–Trinajstić information content (AvgIpc) is 2.78. The molecule has 0 aromatic heterocycles. The Balaban J connectivity index is 1.81. The van der Waals surface area contributed by atoms with Gasteiger partial charge in [0.1, 0.15) is 11.6 Å². The van der Waals surface area contributed by atoms with Crippen LogP contribution in [0.3, 0.4) is 0 Å². The van der Waals surface area contributed by atoms with Crippen LogP contribution in [0.5, 0.6) is 0 Å². The van der Waals surface area contributed by atoms with Crippen molar-refractivity contribution in [1.29, 1.82) is 0 Å². The quantitative estimate of drug-likeness (QED) is 0.479. The van der Waals surface area contributed by atoms with E-state index >= 15 is 0 Å². The number of hydrogen-bond acceptors (Lipinski definition) is 3. The second-order valence-electron chi connectivity index (χ2n) is 5.54. The summed E-state index contributed by atoms with van der Waals surface area (Å²) in [5.74, 6) is -0.194. The van der Waals surface area contributed by atoms with Crippen LogP contribution in [-0.2, 0) is 15.1 Å². The van der Waals surface area contributed by atoms with Gasteiger partial charge < -0.3 is 10.1 Å². The summed E-state index contributed by atoms with van der Waals surface area (Å²) in [6, 6.07) is 15.8. The van der Waals surface area contributed by atoms with Gasteiger partial charge in [-0.3, -0.25) is 0 Å². The molecule has 1 fully saturated rings. The molecule has 0 amide bonds. The number of cyclic esters (lactones) is 1. The molecule has 1 saturated heterocycles. The third-order valence-electron chi connectivity index (χ3n) is 3.86. The first-order valence-corrected chi connectivity index (χ1v) is 9.14. The van der Waals surface area contributed by atoms with Crippen LogP contribution >= 0.6 is 45.2 Å². The second-order valence-corrected chi connectivity index (χ2v) is 7.95. The van der Waals surface area contributed by atoms with Crippen molar-refractivity contribution in [2.75, 3.05) is 5.32 Å². The van der Waals surface area contributed by atoms with E-state index in [2.05, 4.69) is 50.5 Å². The minimum Gasteiger partial charge on any atom is -0.453 e. The number of anilines is 1. The van der Waals surface area contributed by atoms with Crippen LogP contribution < -0.4 is 5.32 Å². The number of rotatable bonds is 3. The summed E-state index contributed by atoms with van der Waals surface area (Å²) in [5, 5.41) is 3.31. The number of ether oxygens (including phenoxy) is 1. The highest BCUT2D eigenvalue weighted by atomic mass is 127. The molecule has 3 rings (SSSR count). The van der Waals surface area contributed by atoms with Gasteiger partial charge in [-0.25, -0.2) is 4.79 Å². The molecule has 1 heterocycles. The number of benzene rings is 2. The van der Waals surface area contributed by atoms with E-state index in [-0.39, 0.29) is 12.0 Å². The van der Waals surface area contributed by atoms with Gasteiger partial charge in [0.25, 0.3) is 0 Å². The molecular weight excluding hydrogens is 504 g/mol. The molecular formula is C17H15I2NO2. The minimum atomic E-state index is -0.570. The topological polar surface area (TPSA) is 38.3 Å². The van der Waals surface area contributed by atoms with Crippen LogP contribution in [0, 0.1) is 7.14 Å². The van der Waals surface area contributed by atoms with Crippen LogP contribution in [-0.4, -0.2) is 12.0 Å². The number of halogens is 2. The Bertz CT molecular complexity index is 702. The van der Waals surface area contributed by atoms with Crippen molar-refractivity contribution in [3.05, 3.63) is 61.2 Å². The molecule has 0 aliphatic carbocycles. The van der Waals surface area contributed by atoms with E-state index in [0.29, 0.717) is 6.42 Å². The molecule has 114 valence electrons. The first kappa shape index (κ1) is 16.0. The second kappa shape index (κ2) is 6.35. The molecule has 0 radical (unpaired) electrons. The normalized spacial score (nSPS) is 24.1. The molecule has 2 aromatic carbocycles. The molecule has 0 bridgehead atoms. The van der Waals surface area contributed by atoms with E-state index in [1.807, 2.05) is 55.5 Å². The SMILES string of the molecule is CC1(c2ccc(I)cc2)CC(Nc2ccccc2I)C(=O)O1. The maximum absolute atomic E-state index is 12.3. The van der Waals surface area contributed by atoms with E-state index in [4.69, 9.17) is 4.74 Å². The standard InChI is InChI=1S/C17H15I2NO2/c1-17(11-6-8-12(18)9-7-11)10-15(16(21)22-17)20-14-5-3-2-4-13(14)19/h2-9,15,20H,10H2,1H3. The average molecular weight is 519 g/mol. The number of nitrogens with one attached hydrogen (secondary N) is 1. The van der Waals surface area contributed by atoms with Gasteiger partial charge >= 0.3 is 5.97 Å². The Labute approximate surface area is 157 Å². The van der Waals surface area contributed by atoms with Gasteiger partial charge in [0, 0.05) is 19.2 Å². The van der Waals surface area contributed by atoms with Crippen LogP contribution in [0.4, 0.5) is 5.69 Å². The molecule has 1 aliphatic rings. The highest BCUT2D eigenvalue weighted by Crippen LogP contribution is 2.38. The van der Waals surface area contributed by atoms with Crippen LogP contribution in [0.1, 0.15) is 18.9 Å². The maximum Gasteiger partial charge on any atom is 0.329 e. The van der Waals surface area contributed by atoms with Gasteiger partial charge in [-0.1, -0.05) is 24.3 Å². The van der Waals surface area contributed by atoms with Gasteiger partial charge in [-0.15, -0.1) is 0 Å². The van der Waals surface area contributed by atoms with Gasteiger partial charge in [0.2, 0.25) is 0 Å². The first-order valence-electron chi connectivity index (χ1n) is 6.98. The fourth-order valence-electron chi connectivity index (χ4n) is 2.66. The van der Waals surface area contributed by atoms with E-state index in [9.17, 15) is 4.79 Å². The number of para-hydroxylation sites is 1. The number of carbonyl (C=O) groups excluding carboxylic acids is 1. The monoisotopic (exact) mass is 519 g/mol. The lowest BCUT2D eigenvalue weighted by Gasteiger charge is -2.23. The zero-order chi connectivity index (χ0) is 15.7. The predicted octanol–water partition coefficient (Wildman–Crippen LogP) is 4.54. The fraction of sp³-hybridized carbons (Fsp3) is 0.235. The molecule has 5 heteroatoms. The summed E-state index contributed by atoms with van der Waals surface area (Å²) >= 11 is 4.53. The molecule has 1 aliphatic heterocycles. The lowest BCUT2D eigenvalue weighted by Crippen LogP contribution is -2.25. The number of carbonyl (C=O) groups is 1. The van der Waals surface area contributed by atoms with Gasteiger partial charge in [-0.05, 0) is 81.9 Å². The largest absolute Gasteiger partial charge is 0.453 e. The Kier molecular flexibility index (Phi) is 4.63. The van der Waals surface area contributed by atoms with Crippen molar-refractivity contribution in [3.63, 3.8) is 0 Å². The highest BCUT2D eigenvalue weighted by molar-refractivity contribution is 14.1. The lowest BCUT2D eigenvalue weighted by atomic mass is 9.91. The predicted molar refractivity (Wildman–Crippen MR) is 104 cm³/mol. The van der Waals surface area contributed by atoms with Gasteiger partial charge in [0.05, 0.1) is 0 Å². The van der Waals surface area contributed by atoms with E-state index in [1.54, 1.807) is 0 Å². The summed E-state index contributed by atoms with van der Waals surface area (Å²) < 4.78 is 7.96. The van der Waals surface area contributed by atoms with E-state index in [0.717, 1.165) is 14.8 Å². The lowest BCUT2D eigenvalue weighted by molar-refractivity contribution is -0.148. The van der Waals surface area contributed by atoms with Crippen molar-refractivity contribution >= 4 is 56.8 Å². The Hall–Kier alpha value is -0.830. The fourth-order valence-corrected chi connectivity index (χ4v) is 3.57. The molecule has 2 unspecified atom stereocenters. The van der Waals surface area contributed by atoms with Crippen molar-refractivity contribution in [1.82, 2.24) is 0 Å². The minimum absolute atomic E-state index is 0.194. The van der Waals surface area contributed by atoms with Crippen molar-refractivity contribution < 1.29 is 9.53 Å². The Morgan fingerprint density at radius 3 is 2.50 bits per heavy atom. The van der Waals surface area contributed by atoms with Crippen molar-refractivity contribution in [2.45, 2.75) is 25.0 Å². The third kappa shape index (κ3) is 3.24. The zero-order valence-corrected chi connectivity index (χ0v) is 16.3. The van der Waals surface area contributed by atoms with E-state index in [1.165, 1.54) is 3.57 Å². The summed E-state index contributed by atoms with van der Waals surface area (Å²) in [6.45, 7) is 1.98. The summed E-state index contributed by atoms with van der Waals surface area (Å²) in [7, 11) is 0. The molecule has 2 atom stereocenters. The maximum atomic E-state index is 12.3. The molecule has 3 nitrogen and oxygen atoms in total. The summed E-state index contributed by atoms with van der Waals surface area (Å²) in [6.07, 6.45) is 0.622. The van der Waals surface area contributed by atoms with Crippen molar-refractivity contribution in [3.8, 4) is 0 Å². The Morgan fingerprint density at radius 1 is 1.14 bits per heavy atom. The number of esters is 1. The van der Waals surface area contributed by atoms with Crippen LogP contribution in [0.15, 0.2) is 48.5 Å². The Morgan fingerprint density at radius 2 is 1.82 bits per heavy atom. The molecule has 0 spiro atoms. The molecule has 1 N–H and O–H groups in total. The smallest absolute Gasteiger partial charge is 0.329 e. The summed E-state index contributed by atoms with van der Waals surface area (Å²) in [5.41, 5.74) is 1.43. The molecule has 2 aromatic rings. The first-order chi connectivity index (χ1) is 10.5. The van der Waals surface area contributed by atoms with Crippen LogP contribution in [0.25, 0.3) is 0 Å². The molecule has 22 heavy (non-hydrogen) atoms. The van der Waals surface area contributed by atoms with Crippen molar-refractivity contribution in [2.24, 2.45) is 0 Å². The third-order valence-corrected chi connectivity index (χ3v) is 5.52. The number of hydrogen-bond donors (Lipinski definition) is 1. The van der Waals surface area contributed by atoms with Gasteiger partial charge in [-0.2, -0.15) is 0 Å². The van der Waals surface area contributed by atoms with Crippen LogP contribution in [0.2, 0.25) is 0 Å². The zero-order valence-electron chi connectivity index (χ0n) is 12.0. The molecule has 0 saturated carbocycles.